The summed E-state index contributed by atoms with van der Waals surface area (Å²) in [6.07, 6.45) is 22.4. The Balaban J connectivity index is 0.00000103. The number of carboxylic acid groups (broad SMARTS) is 1. The van der Waals surface area contributed by atoms with Crippen LogP contribution in [-0.4, -0.2) is 36.2 Å². The molecule has 0 aromatic carbocycles. The molecule has 1 saturated heterocycles. The van der Waals surface area contributed by atoms with Gasteiger partial charge >= 0.3 is 0 Å². The van der Waals surface area contributed by atoms with Gasteiger partial charge in [0, 0.05) is 30.7 Å². The Kier molecular flexibility index (Phi) is 10.1. The van der Waals surface area contributed by atoms with Crippen LogP contribution in [0.3, 0.4) is 0 Å². The molecule has 1 aliphatic heterocycles. The van der Waals surface area contributed by atoms with Gasteiger partial charge in [-0.2, -0.15) is 0 Å². The quantitative estimate of drug-likeness (QED) is 0.195. The molecule has 2 N–H and O–H groups in total. The third-order valence-corrected chi connectivity index (χ3v) is 13.5. The molecule has 1 aromatic rings. The molecule has 1 aromatic heterocycles. The van der Waals surface area contributed by atoms with Crippen molar-refractivity contribution >= 4 is 24.2 Å². The van der Waals surface area contributed by atoms with Crippen molar-refractivity contribution in [2.75, 3.05) is 24.5 Å². The van der Waals surface area contributed by atoms with E-state index in [1.165, 1.54) is 101 Å². The Hall–Kier alpha value is -1.27. The standard InChI is InChI=1S/C33H53N3S.CH2O2/c1-4-24-22-27-29-13-11-25(32(29,2)18-15-30(27)33(3)17-7-6-10-28(24)33)16-19-35-37-26-12-14-31(34-23-26)36-20-8-5-9-21-36;2-1-3/h12,14,23-25,27-30,35H,4-11,13,15-22H2,1-3H3;1H,(H,2,3)/t24-,25?,27?,28?,29?,30-,32?,33?;/m0./s1. The maximum Gasteiger partial charge on any atom is 0.290 e. The molecule has 4 aliphatic carbocycles. The van der Waals surface area contributed by atoms with Crippen molar-refractivity contribution < 1.29 is 9.90 Å². The van der Waals surface area contributed by atoms with Gasteiger partial charge in [-0.15, -0.1) is 0 Å². The lowest BCUT2D eigenvalue weighted by Gasteiger charge is -2.62. The van der Waals surface area contributed by atoms with E-state index in [4.69, 9.17) is 14.9 Å². The van der Waals surface area contributed by atoms with E-state index in [2.05, 4.69) is 48.7 Å². The normalized spacial score (nSPS) is 38.8. The van der Waals surface area contributed by atoms with E-state index in [1.807, 2.05) is 0 Å². The zero-order valence-electron chi connectivity index (χ0n) is 25.5. The minimum atomic E-state index is -0.250. The van der Waals surface area contributed by atoms with E-state index >= 15 is 0 Å². The molecular formula is C34H55N3O2S. The summed E-state index contributed by atoms with van der Waals surface area (Å²) in [4.78, 5) is 16.8. The molecule has 6 unspecified atom stereocenters. The number of piperidine rings is 1. The van der Waals surface area contributed by atoms with Gasteiger partial charge in [-0.3, -0.25) is 9.52 Å². The van der Waals surface area contributed by atoms with E-state index in [0.29, 0.717) is 10.8 Å². The molecule has 0 spiro atoms. The molecule has 0 radical (unpaired) electrons. The lowest BCUT2D eigenvalue weighted by molar-refractivity contribution is -0.135. The number of carbonyl (C=O) groups is 1. The average Bonchev–Trinajstić information content (AvgIpc) is 3.32. The summed E-state index contributed by atoms with van der Waals surface area (Å²) in [5, 5.41) is 6.89. The number of anilines is 1. The average molecular weight is 570 g/mol. The first-order valence-electron chi connectivity index (χ1n) is 16.6. The first-order valence-corrected chi connectivity index (χ1v) is 17.4. The Morgan fingerprint density at radius 1 is 1.00 bits per heavy atom. The molecule has 5 fully saturated rings. The van der Waals surface area contributed by atoms with Crippen LogP contribution in [0, 0.1) is 46.3 Å². The summed E-state index contributed by atoms with van der Waals surface area (Å²) in [7, 11) is 0. The topological polar surface area (TPSA) is 65.5 Å². The van der Waals surface area contributed by atoms with Crippen molar-refractivity contribution in [3.63, 3.8) is 0 Å². The maximum absolute atomic E-state index is 8.36. The molecular weight excluding hydrogens is 514 g/mol. The second-order valence-electron chi connectivity index (χ2n) is 14.2. The van der Waals surface area contributed by atoms with Crippen LogP contribution in [0.4, 0.5) is 5.82 Å². The van der Waals surface area contributed by atoms with Gasteiger partial charge in [-0.1, -0.05) is 40.0 Å². The van der Waals surface area contributed by atoms with Crippen molar-refractivity contribution in [3.05, 3.63) is 18.3 Å². The highest BCUT2D eigenvalue weighted by molar-refractivity contribution is 7.97. The number of hydrogen-bond acceptors (Lipinski definition) is 5. The summed E-state index contributed by atoms with van der Waals surface area (Å²) < 4.78 is 3.72. The zero-order chi connectivity index (χ0) is 28.2. The van der Waals surface area contributed by atoms with E-state index < -0.39 is 0 Å². The minimum absolute atomic E-state index is 0.250. The van der Waals surface area contributed by atoms with Gasteiger partial charge in [0.25, 0.3) is 6.47 Å². The predicted octanol–water partition coefficient (Wildman–Crippen LogP) is 8.44. The van der Waals surface area contributed by atoms with Crippen molar-refractivity contribution in [2.45, 2.75) is 116 Å². The van der Waals surface area contributed by atoms with Crippen LogP contribution in [-0.2, 0) is 4.79 Å². The fourth-order valence-corrected chi connectivity index (χ4v) is 11.3. The molecule has 40 heavy (non-hydrogen) atoms. The summed E-state index contributed by atoms with van der Waals surface area (Å²) >= 11 is 1.79. The van der Waals surface area contributed by atoms with Gasteiger partial charge in [-0.05, 0) is 141 Å². The molecule has 5 aliphatic rings. The van der Waals surface area contributed by atoms with Crippen LogP contribution >= 0.6 is 11.9 Å². The molecule has 2 heterocycles. The van der Waals surface area contributed by atoms with E-state index in [9.17, 15) is 0 Å². The monoisotopic (exact) mass is 569 g/mol. The highest BCUT2D eigenvalue weighted by atomic mass is 32.2. The van der Waals surface area contributed by atoms with Crippen molar-refractivity contribution in [1.82, 2.24) is 9.71 Å². The van der Waals surface area contributed by atoms with E-state index in [1.54, 1.807) is 18.4 Å². The SMILES string of the molecule is CC[C@H]1CC2C3CCC(CCNSc4ccc(N5CCCCC5)nc4)C3(C)CC[C@@H]2C2(C)CCCCC12.O=CO. The molecule has 224 valence electrons. The van der Waals surface area contributed by atoms with Gasteiger partial charge in [-0.25, -0.2) is 4.98 Å². The summed E-state index contributed by atoms with van der Waals surface area (Å²) in [5.41, 5.74) is 1.23. The van der Waals surface area contributed by atoms with Gasteiger partial charge in [0.15, 0.2) is 0 Å². The number of nitrogens with one attached hydrogen (secondary N) is 1. The number of pyridine rings is 1. The molecule has 4 saturated carbocycles. The Morgan fingerprint density at radius 2 is 1.77 bits per heavy atom. The lowest BCUT2D eigenvalue weighted by Crippen LogP contribution is -2.55. The third-order valence-electron chi connectivity index (χ3n) is 12.7. The van der Waals surface area contributed by atoms with Crippen LogP contribution in [0.5, 0.6) is 0 Å². The Bertz CT molecular complexity index is 953. The number of aromatic nitrogens is 1. The van der Waals surface area contributed by atoms with Gasteiger partial charge in [0.05, 0.1) is 0 Å². The van der Waals surface area contributed by atoms with Gasteiger partial charge in [0.2, 0.25) is 0 Å². The lowest BCUT2D eigenvalue weighted by atomic mass is 9.42. The van der Waals surface area contributed by atoms with E-state index in [0.717, 1.165) is 47.9 Å². The highest BCUT2D eigenvalue weighted by Gasteiger charge is 2.60. The predicted molar refractivity (Wildman–Crippen MR) is 166 cm³/mol. The van der Waals surface area contributed by atoms with Crippen molar-refractivity contribution in [3.8, 4) is 0 Å². The highest BCUT2D eigenvalue weighted by Crippen LogP contribution is 2.69. The van der Waals surface area contributed by atoms with Crippen LogP contribution in [0.15, 0.2) is 23.2 Å². The number of rotatable bonds is 7. The van der Waals surface area contributed by atoms with Crippen LogP contribution in [0.25, 0.3) is 0 Å². The molecule has 8 atom stereocenters. The van der Waals surface area contributed by atoms with Crippen LogP contribution in [0.1, 0.15) is 111 Å². The smallest absolute Gasteiger partial charge is 0.290 e. The fourth-order valence-electron chi connectivity index (χ4n) is 10.7. The Morgan fingerprint density at radius 3 is 2.50 bits per heavy atom. The van der Waals surface area contributed by atoms with Crippen molar-refractivity contribution in [2.24, 2.45) is 46.3 Å². The second kappa shape index (κ2) is 13.4. The molecule has 0 amide bonds. The summed E-state index contributed by atoms with van der Waals surface area (Å²) in [5.74, 6) is 7.12. The van der Waals surface area contributed by atoms with Crippen LogP contribution < -0.4 is 9.62 Å². The van der Waals surface area contributed by atoms with Gasteiger partial charge < -0.3 is 10.0 Å². The number of hydrogen-bond donors (Lipinski definition) is 2. The van der Waals surface area contributed by atoms with Gasteiger partial charge in [0.1, 0.15) is 5.82 Å². The second-order valence-corrected chi connectivity index (χ2v) is 15.2. The molecule has 6 rings (SSSR count). The maximum atomic E-state index is 8.36. The minimum Gasteiger partial charge on any atom is -0.483 e. The first-order chi connectivity index (χ1) is 19.4. The third kappa shape index (κ3) is 5.96. The molecule has 0 bridgehead atoms. The molecule has 5 nitrogen and oxygen atoms in total. The summed E-state index contributed by atoms with van der Waals surface area (Å²) in [6, 6.07) is 4.48. The van der Waals surface area contributed by atoms with Crippen LogP contribution in [0.2, 0.25) is 0 Å². The molecule has 6 heteroatoms. The largest absolute Gasteiger partial charge is 0.483 e. The summed E-state index contributed by atoms with van der Waals surface area (Å²) in [6.45, 7) is 11.2. The Labute approximate surface area is 248 Å². The van der Waals surface area contributed by atoms with Crippen molar-refractivity contribution in [1.29, 1.82) is 0 Å². The first kappa shape index (κ1) is 30.2. The van der Waals surface area contributed by atoms with E-state index in [-0.39, 0.29) is 6.47 Å². The number of nitrogens with zero attached hydrogens (tertiary/aromatic N) is 2. The zero-order valence-corrected chi connectivity index (χ0v) is 26.3. The fraction of sp³-hybridized carbons (Fsp3) is 0.824. The number of fused-ring (bicyclic) bond motifs is 5.